The van der Waals surface area contributed by atoms with Crippen molar-refractivity contribution in [2.45, 2.75) is 58.9 Å². The molecule has 0 bridgehead atoms. The van der Waals surface area contributed by atoms with Crippen molar-refractivity contribution in [3.05, 3.63) is 0 Å². The lowest BCUT2D eigenvalue weighted by atomic mass is 9.83. The predicted octanol–water partition coefficient (Wildman–Crippen LogP) is 3.38. The van der Waals surface area contributed by atoms with E-state index in [1.807, 2.05) is 0 Å². The van der Waals surface area contributed by atoms with Crippen LogP contribution in [0.5, 0.6) is 0 Å². The van der Waals surface area contributed by atoms with Gasteiger partial charge in [0.1, 0.15) is 0 Å². The zero-order valence-corrected chi connectivity index (χ0v) is 13.8. The van der Waals surface area contributed by atoms with E-state index in [1.54, 1.807) is 0 Å². The highest BCUT2D eigenvalue weighted by molar-refractivity contribution is 6.72. The fraction of sp³-hybridized carbons (Fsp3) is 1.00. The molecule has 0 aromatic heterocycles. The van der Waals surface area contributed by atoms with Crippen LogP contribution >= 0.6 is 0 Å². The Morgan fingerprint density at radius 1 is 1.28 bits per heavy atom. The van der Waals surface area contributed by atoms with Gasteiger partial charge >= 0.3 is 0 Å². The van der Waals surface area contributed by atoms with Crippen LogP contribution in [0.1, 0.15) is 40.0 Å². The van der Waals surface area contributed by atoms with Gasteiger partial charge in [-0.3, -0.25) is 0 Å². The van der Waals surface area contributed by atoms with Gasteiger partial charge in [0.15, 0.2) is 0 Å². The van der Waals surface area contributed by atoms with Gasteiger partial charge in [0, 0.05) is 18.6 Å². The molecule has 0 saturated carbocycles. The molecule has 3 nitrogen and oxygen atoms in total. The molecule has 1 rings (SSSR count). The summed E-state index contributed by atoms with van der Waals surface area (Å²) in [6, 6.07) is 0. The Morgan fingerprint density at radius 3 is 2.44 bits per heavy atom. The Balaban J connectivity index is 2.53. The second kappa shape index (κ2) is 7.03. The van der Waals surface area contributed by atoms with Crippen molar-refractivity contribution in [3.63, 3.8) is 0 Å². The van der Waals surface area contributed by atoms with E-state index in [1.165, 1.54) is 6.42 Å². The summed E-state index contributed by atoms with van der Waals surface area (Å²) in [5, 5.41) is 0. The third-order valence-corrected chi connectivity index (χ3v) is 7.05. The molecule has 0 aromatic rings. The number of ether oxygens (including phenoxy) is 2. The Labute approximate surface area is 113 Å². The first-order valence-electron chi connectivity index (χ1n) is 7.35. The number of hydrogen-bond acceptors (Lipinski definition) is 3. The Bertz CT molecular complexity index is 241. The third-order valence-electron chi connectivity index (χ3n) is 3.98. The van der Waals surface area contributed by atoms with E-state index >= 15 is 0 Å². The third kappa shape index (κ3) is 3.56. The molecule has 0 radical (unpaired) electrons. The van der Waals surface area contributed by atoms with Crippen molar-refractivity contribution in [3.8, 4) is 0 Å². The molecular weight excluding hydrogens is 244 g/mol. The molecule has 0 amide bonds. The van der Waals surface area contributed by atoms with Gasteiger partial charge in [0.05, 0.1) is 18.9 Å². The predicted molar refractivity (Wildman–Crippen MR) is 77.3 cm³/mol. The van der Waals surface area contributed by atoms with Crippen LogP contribution in [0.15, 0.2) is 0 Å². The average Bonchev–Trinajstić information content (AvgIpc) is 2.27. The van der Waals surface area contributed by atoms with Crippen LogP contribution in [0.4, 0.5) is 0 Å². The number of hydrogen-bond donors (Lipinski definition) is 0. The standard InChI is InChI=1S/C14H30O3Si/c1-6-9-10-15-11-14(7-2)12-16-13(14)18(4,5)17-8-3/h13H,6-12H2,1-5H3. The van der Waals surface area contributed by atoms with Crippen molar-refractivity contribution in [1.29, 1.82) is 0 Å². The molecule has 1 heterocycles. The van der Waals surface area contributed by atoms with Crippen LogP contribution in [-0.2, 0) is 13.9 Å². The maximum atomic E-state index is 5.98. The lowest BCUT2D eigenvalue weighted by Crippen LogP contribution is -2.66. The first kappa shape index (κ1) is 16.2. The van der Waals surface area contributed by atoms with Crippen molar-refractivity contribution in [2.24, 2.45) is 5.41 Å². The monoisotopic (exact) mass is 274 g/mol. The van der Waals surface area contributed by atoms with E-state index < -0.39 is 8.32 Å². The second-order valence-corrected chi connectivity index (χ2v) is 9.87. The summed E-state index contributed by atoms with van der Waals surface area (Å²) in [4.78, 5) is 0. The molecule has 18 heavy (non-hydrogen) atoms. The van der Waals surface area contributed by atoms with Crippen molar-refractivity contribution in [1.82, 2.24) is 0 Å². The van der Waals surface area contributed by atoms with E-state index in [4.69, 9.17) is 13.9 Å². The molecule has 2 unspecified atom stereocenters. The fourth-order valence-corrected chi connectivity index (χ4v) is 6.04. The first-order chi connectivity index (χ1) is 8.52. The zero-order chi connectivity index (χ0) is 13.6. The van der Waals surface area contributed by atoms with Crippen LogP contribution in [0.25, 0.3) is 0 Å². The molecule has 0 spiro atoms. The van der Waals surface area contributed by atoms with E-state index in [0.29, 0.717) is 0 Å². The Hall–Kier alpha value is 0.0969. The molecule has 1 saturated heterocycles. The number of unbranched alkanes of at least 4 members (excludes halogenated alkanes) is 1. The van der Waals surface area contributed by atoms with Crippen molar-refractivity contribution < 1.29 is 13.9 Å². The molecular formula is C14H30O3Si. The number of rotatable bonds is 9. The van der Waals surface area contributed by atoms with Crippen LogP contribution in [0.2, 0.25) is 13.1 Å². The van der Waals surface area contributed by atoms with Gasteiger partial charge in [-0.1, -0.05) is 20.3 Å². The Morgan fingerprint density at radius 2 is 2.00 bits per heavy atom. The maximum absolute atomic E-state index is 5.98. The summed E-state index contributed by atoms with van der Waals surface area (Å²) in [6.45, 7) is 14.4. The van der Waals surface area contributed by atoms with Gasteiger partial charge < -0.3 is 13.9 Å². The minimum absolute atomic E-state index is 0.207. The molecule has 4 heteroatoms. The van der Waals surface area contributed by atoms with E-state index in [9.17, 15) is 0 Å². The first-order valence-corrected chi connectivity index (χ1v) is 10.3. The van der Waals surface area contributed by atoms with Gasteiger partial charge in [0.25, 0.3) is 0 Å². The van der Waals surface area contributed by atoms with Crippen LogP contribution in [0.3, 0.4) is 0 Å². The molecule has 1 aliphatic heterocycles. The minimum atomic E-state index is -1.75. The van der Waals surface area contributed by atoms with Gasteiger partial charge in [-0.25, -0.2) is 0 Å². The lowest BCUT2D eigenvalue weighted by Gasteiger charge is -2.53. The molecule has 2 atom stereocenters. The molecule has 0 aromatic carbocycles. The summed E-state index contributed by atoms with van der Waals surface area (Å²) in [7, 11) is -1.75. The molecule has 1 fully saturated rings. The minimum Gasteiger partial charge on any atom is -0.415 e. The fourth-order valence-electron chi connectivity index (χ4n) is 2.82. The Kier molecular flexibility index (Phi) is 6.31. The highest BCUT2D eigenvalue weighted by Crippen LogP contribution is 2.43. The highest BCUT2D eigenvalue weighted by Gasteiger charge is 2.56. The maximum Gasteiger partial charge on any atom is 0.215 e. The van der Waals surface area contributed by atoms with E-state index in [-0.39, 0.29) is 11.1 Å². The summed E-state index contributed by atoms with van der Waals surface area (Å²) < 4.78 is 17.7. The highest BCUT2D eigenvalue weighted by atomic mass is 28.4. The lowest BCUT2D eigenvalue weighted by molar-refractivity contribution is -0.185. The van der Waals surface area contributed by atoms with Gasteiger partial charge in [-0.2, -0.15) is 0 Å². The molecule has 108 valence electrons. The topological polar surface area (TPSA) is 27.7 Å². The largest absolute Gasteiger partial charge is 0.415 e. The molecule has 0 aliphatic carbocycles. The summed E-state index contributed by atoms with van der Waals surface area (Å²) >= 11 is 0. The molecule has 0 N–H and O–H groups in total. The van der Waals surface area contributed by atoms with Crippen LogP contribution in [-0.4, -0.2) is 40.5 Å². The average molecular weight is 274 g/mol. The second-order valence-electron chi connectivity index (χ2n) is 5.85. The zero-order valence-electron chi connectivity index (χ0n) is 12.8. The van der Waals surface area contributed by atoms with Crippen LogP contribution < -0.4 is 0 Å². The van der Waals surface area contributed by atoms with E-state index in [2.05, 4.69) is 33.9 Å². The quantitative estimate of drug-likeness (QED) is 0.476. The summed E-state index contributed by atoms with van der Waals surface area (Å²) in [5.41, 5.74) is 0.495. The SMILES string of the molecule is CCCCOCC1(CC)COC1[Si](C)(C)OCC. The molecule has 1 aliphatic rings. The van der Waals surface area contributed by atoms with Crippen LogP contribution in [0, 0.1) is 5.41 Å². The summed E-state index contributed by atoms with van der Waals surface area (Å²) in [6.07, 6.45) is 3.46. The van der Waals surface area contributed by atoms with E-state index in [0.717, 1.165) is 39.3 Å². The normalized spacial score (nSPS) is 28.2. The smallest absolute Gasteiger partial charge is 0.215 e. The van der Waals surface area contributed by atoms with Crippen molar-refractivity contribution in [2.75, 3.05) is 26.4 Å². The van der Waals surface area contributed by atoms with Gasteiger partial charge in [-0.15, -0.1) is 0 Å². The van der Waals surface area contributed by atoms with Gasteiger partial charge in [0.2, 0.25) is 8.32 Å². The van der Waals surface area contributed by atoms with Crippen molar-refractivity contribution >= 4 is 8.32 Å². The summed E-state index contributed by atoms with van der Waals surface area (Å²) in [5.74, 6) is 0. The van der Waals surface area contributed by atoms with Gasteiger partial charge in [-0.05, 0) is 32.9 Å².